The molecule has 0 aliphatic carbocycles. The maximum atomic E-state index is 13.4. The molecule has 10 nitrogen and oxygen atoms in total. The molecule has 0 aliphatic heterocycles. The molecular formula is C24H21F3N6O4S. The van der Waals surface area contributed by atoms with Crippen molar-refractivity contribution in [3.05, 3.63) is 83.8 Å². The number of sulfonamides is 1. The molecule has 38 heavy (non-hydrogen) atoms. The fourth-order valence-electron chi connectivity index (χ4n) is 3.52. The zero-order valence-electron chi connectivity index (χ0n) is 19.7. The van der Waals surface area contributed by atoms with Gasteiger partial charge in [0, 0.05) is 17.8 Å². The van der Waals surface area contributed by atoms with Gasteiger partial charge in [-0.3, -0.25) is 14.6 Å². The molecule has 4 aromatic rings. The van der Waals surface area contributed by atoms with Gasteiger partial charge < -0.3 is 15.8 Å². The number of aromatic amines is 1. The fraction of sp³-hybridized carbons (Fsp3) is 0.125. The van der Waals surface area contributed by atoms with Crippen molar-refractivity contribution in [1.29, 1.82) is 0 Å². The van der Waals surface area contributed by atoms with E-state index in [-0.39, 0.29) is 34.1 Å². The summed E-state index contributed by atoms with van der Waals surface area (Å²) in [5, 5.41) is 9.71. The summed E-state index contributed by atoms with van der Waals surface area (Å²) >= 11 is 0. The molecule has 0 radical (unpaired) electrons. The Hall–Kier alpha value is -4.59. The third-order valence-corrected chi connectivity index (χ3v) is 6.30. The van der Waals surface area contributed by atoms with Crippen LogP contribution in [0.5, 0.6) is 5.75 Å². The number of hydrogen-bond donors (Lipinski definition) is 4. The highest BCUT2D eigenvalue weighted by Crippen LogP contribution is 2.38. The van der Waals surface area contributed by atoms with Crippen LogP contribution in [0, 0.1) is 5.82 Å². The lowest BCUT2D eigenvalue weighted by molar-refractivity contribution is 0.100. The van der Waals surface area contributed by atoms with E-state index in [0.717, 1.165) is 0 Å². The van der Waals surface area contributed by atoms with E-state index in [1.54, 1.807) is 29.8 Å². The molecule has 0 unspecified atom stereocenters. The number of halogens is 3. The molecule has 198 valence electrons. The summed E-state index contributed by atoms with van der Waals surface area (Å²) in [7, 11) is -4.97. The van der Waals surface area contributed by atoms with E-state index in [2.05, 4.69) is 20.5 Å². The van der Waals surface area contributed by atoms with Crippen molar-refractivity contribution < 1.29 is 31.1 Å². The molecule has 2 heterocycles. The van der Waals surface area contributed by atoms with Gasteiger partial charge in [0.25, 0.3) is 15.9 Å². The Morgan fingerprint density at radius 2 is 1.84 bits per heavy atom. The molecule has 14 heteroatoms. The number of carbonyl (C=O) groups is 1. The number of nitrogens with two attached hydrogens (primary N) is 1. The van der Waals surface area contributed by atoms with E-state index in [1.807, 2.05) is 0 Å². The Morgan fingerprint density at radius 3 is 2.47 bits per heavy atom. The standard InChI is InChI=1S/C24H21F3N6O4S/c1-13(14-5-7-15(25)8-6-14)37-18-12-16(33-38(35,36)24(26)27)9-10-17(18)21-20(22(28)34)23(32-31-21)30-19-4-2-3-11-29-19/h2-13,24,33H,1H3,(H2,28,34)(H2,29,30,31,32)/t13-/m0/s1. The molecule has 0 aliphatic rings. The number of nitrogens with one attached hydrogen (secondary N) is 3. The summed E-state index contributed by atoms with van der Waals surface area (Å²) in [6.07, 6.45) is 0.823. The number of anilines is 3. The van der Waals surface area contributed by atoms with Crippen LogP contribution in [0.1, 0.15) is 28.9 Å². The van der Waals surface area contributed by atoms with Crippen LogP contribution in [-0.2, 0) is 10.0 Å². The number of alkyl halides is 2. The third kappa shape index (κ3) is 5.86. The minimum absolute atomic E-state index is 0.00757. The number of rotatable bonds is 10. The zero-order chi connectivity index (χ0) is 27.4. The SMILES string of the molecule is C[C@H](Oc1cc(NS(=O)(=O)C(F)F)ccc1-c1[nH]nc(Nc2ccccn2)c1C(N)=O)c1ccc(F)cc1. The van der Waals surface area contributed by atoms with Crippen LogP contribution in [-0.4, -0.2) is 35.3 Å². The number of pyridine rings is 1. The lowest BCUT2D eigenvalue weighted by Gasteiger charge is -2.19. The van der Waals surface area contributed by atoms with E-state index >= 15 is 0 Å². The maximum Gasteiger partial charge on any atom is 0.355 e. The minimum atomic E-state index is -4.97. The normalized spacial score (nSPS) is 12.2. The smallest absolute Gasteiger partial charge is 0.355 e. The van der Waals surface area contributed by atoms with Crippen molar-refractivity contribution in [2.75, 3.05) is 10.0 Å². The molecule has 2 aromatic carbocycles. The second-order valence-corrected chi connectivity index (χ2v) is 9.61. The van der Waals surface area contributed by atoms with Gasteiger partial charge in [-0.1, -0.05) is 18.2 Å². The molecule has 1 atom stereocenters. The average Bonchev–Trinajstić information content (AvgIpc) is 3.28. The van der Waals surface area contributed by atoms with Gasteiger partial charge in [-0.25, -0.2) is 17.8 Å². The fourth-order valence-corrected chi connectivity index (χ4v) is 4.06. The van der Waals surface area contributed by atoms with Crippen LogP contribution >= 0.6 is 0 Å². The second-order valence-electron chi connectivity index (χ2n) is 7.96. The van der Waals surface area contributed by atoms with Gasteiger partial charge in [0.15, 0.2) is 5.82 Å². The van der Waals surface area contributed by atoms with Gasteiger partial charge in [-0.15, -0.1) is 0 Å². The number of carbonyl (C=O) groups excluding carboxylic acids is 1. The van der Waals surface area contributed by atoms with E-state index in [9.17, 15) is 26.4 Å². The number of aromatic nitrogens is 3. The number of ether oxygens (including phenoxy) is 1. The molecule has 0 fully saturated rings. The lowest BCUT2D eigenvalue weighted by atomic mass is 10.0. The van der Waals surface area contributed by atoms with Crippen LogP contribution in [0.25, 0.3) is 11.3 Å². The highest BCUT2D eigenvalue weighted by atomic mass is 32.2. The molecule has 2 aromatic heterocycles. The number of hydrogen-bond acceptors (Lipinski definition) is 7. The summed E-state index contributed by atoms with van der Waals surface area (Å²) in [5.41, 5.74) is 6.26. The molecule has 1 amide bonds. The molecule has 0 saturated carbocycles. The number of primary amides is 1. The van der Waals surface area contributed by atoms with Crippen molar-refractivity contribution in [2.45, 2.75) is 18.8 Å². The van der Waals surface area contributed by atoms with Crippen LogP contribution < -0.4 is 20.5 Å². The Morgan fingerprint density at radius 1 is 1.11 bits per heavy atom. The quantitative estimate of drug-likeness (QED) is 0.228. The van der Waals surface area contributed by atoms with Gasteiger partial charge in [0.2, 0.25) is 0 Å². The summed E-state index contributed by atoms with van der Waals surface area (Å²) in [6, 6.07) is 14.2. The van der Waals surface area contributed by atoms with E-state index in [4.69, 9.17) is 10.5 Å². The first-order chi connectivity index (χ1) is 18.0. The second kappa shape index (κ2) is 10.8. The minimum Gasteiger partial charge on any atom is -0.485 e. The van der Waals surface area contributed by atoms with Gasteiger partial charge in [-0.2, -0.15) is 13.9 Å². The number of amides is 1. The maximum absolute atomic E-state index is 13.4. The Labute approximate surface area is 215 Å². The van der Waals surface area contributed by atoms with Crippen LogP contribution in [0.4, 0.5) is 30.5 Å². The predicted molar refractivity (Wildman–Crippen MR) is 134 cm³/mol. The summed E-state index contributed by atoms with van der Waals surface area (Å²) in [6.45, 7) is 1.64. The van der Waals surface area contributed by atoms with Gasteiger partial charge >= 0.3 is 5.76 Å². The van der Waals surface area contributed by atoms with Crippen molar-refractivity contribution in [3.8, 4) is 17.0 Å². The first-order valence-corrected chi connectivity index (χ1v) is 12.5. The summed E-state index contributed by atoms with van der Waals surface area (Å²) < 4.78 is 70.5. The monoisotopic (exact) mass is 546 g/mol. The van der Waals surface area contributed by atoms with Gasteiger partial charge in [-0.05, 0) is 48.9 Å². The molecular weight excluding hydrogens is 525 g/mol. The van der Waals surface area contributed by atoms with E-state index in [1.165, 1.54) is 48.7 Å². The topological polar surface area (TPSA) is 152 Å². The molecule has 5 N–H and O–H groups in total. The van der Waals surface area contributed by atoms with Gasteiger partial charge in [0.1, 0.15) is 29.1 Å². The van der Waals surface area contributed by atoms with Crippen LogP contribution in [0.2, 0.25) is 0 Å². The molecule has 4 rings (SSSR count). The Balaban J connectivity index is 1.79. The summed E-state index contributed by atoms with van der Waals surface area (Å²) in [4.78, 5) is 16.6. The summed E-state index contributed by atoms with van der Waals surface area (Å²) in [5.74, 6) is -4.54. The molecule has 0 spiro atoms. The van der Waals surface area contributed by atoms with Crippen molar-refractivity contribution in [3.63, 3.8) is 0 Å². The average molecular weight is 547 g/mol. The van der Waals surface area contributed by atoms with Crippen LogP contribution in [0.3, 0.4) is 0 Å². The number of H-pyrrole nitrogens is 1. The number of nitrogens with zero attached hydrogens (tertiary/aromatic N) is 2. The van der Waals surface area contributed by atoms with Gasteiger partial charge in [0.05, 0.1) is 11.4 Å². The third-order valence-electron chi connectivity index (χ3n) is 5.31. The van der Waals surface area contributed by atoms with Crippen molar-refractivity contribution in [1.82, 2.24) is 15.2 Å². The lowest BCUT2D eigenvalue weighted by Crippen LogP contribution is -2.20. The Bertz CT molecular complexity index is 1550. The number of benzene rings is 2. The van der Waals surface area contributed by atoms with Crippen molar-refractivity contribution in [2.24, 2.45) is 5.73 Å². The molecule has 0 saturated heterocycles. The molecule has 0 bridgehead atoms. The van der Waals surface area contributed by atoms with E-state index < -0.39 is 33.6 Å². The largest absolute Gasteiger partial charge is 0.485 e. The first kappa shape index (κ1) is 26.5. The highest BCUT2D eigenvalue weighted by molar-refractivity contribution is 7.93. The zero-order valence-corrected chi connectivity index (χ0v) is 20.5. The predicted octanol–water partition coefficient (Wildman–Crippen LogP) is 4.56. The highest BCUT2D eigenvalue weighted by Gasteiger charge is 2.26. The first-order valence-electron chi connectivity index (χ1n) is 11.0. The van der Waals surface area contributed by atoms with Crippen LogP contribution in [0.15, 0.2) is 66.9 Å². The van der Waals surface area contributed by atoms with Crippen molar-refractivity contribution >= 4 is 33.3 Å². The Kier molecular flexibility index (Phi) is 7.52. The van der Waals surface area contributed by atoms with E-state index in [0.29, 0.717) is 11.4 Å².